The van der Waals surface area contributed by atoms with Gasteiger partial charge in [0.1, 0.15) is 0 Å². The molecule has 0 radical (unpaired) electrons. The van der Waals surface area contributed by atoms with E-state index in [1.807, 2.05) is 25.1 Å². The summed E-state index contributed by atoms with van der Waals surface area (Å²) in [4.78, 5) is 17.1. The maximum atomic E-state index is 13.0. The molecule has 0 bridgehead atoms. The van der Waals surface area contributed by atoms with E-state index in [9.17, 15) is 23.1 Å². The molecule has 1 atom stereocenters. The molecule has 1 aromatic heterocycles. The van der Waals surface area contributed by atoms with Crippen molar-refractivity contribution in [2.75, 3.05) is 23.3 Å². The lowest BCUT2D eigenvalue weighted by Gasteiger charge is -2.31. The summed E-state index contributed by atoms with van der Waals surface area (Å²) < 4.78 is 42.3. The molecule has 0 saturated carbocycles. The van der Waals surface area contributed by atoms with Crippen molar-refractivity contribution in [2.24, 2.45) is 11.8 Å². The lowest BCUT2D eigenvalue weighted by molar-refractivity contribution is -0.144. The molecule has 0 aliphatic carbocycles. The maximum Gasteiger partial charge on any atom is 0.452 e. The molecule has 0 amide bonds. The molecule has 10 heteroatoms. The van der Waals surface area contributed by atoms with Crippen LogP contribution < -0.4 is 10.2 Å². The fourth-order valence-corrected chi connectivity index (χ4v) is 4.15. The summed E-state index contributed by atoms with van der Waals surface area (Å²) in [5.74, 6) is -1.53. The highest BCUT2D eigenvalue weighted by molar-refractivity contribution is 7.09. The molecule has 1 aromatic carbocycles. The Morgan fingerprint density at radius 1 is 1.19 bits per heavy atom. The van der Waals surface area contributed by atoms with Gasteiger partial charge in [-0.25, -0.2) is 0 Å². The van der Waals surface area contributed by atoms with Gasteiger partial charge < -0.3 is 15.3 Å². The van der Waals surface area contributed by atoms with Crippen molar-refractivity contribution in [2.45, 2.75) is 59.6 Å². The van der Waals surface area contributed by atoms with Crippen molar-refractivity contribution in [1.29, 1.82) is 0 Å². The Balaban J connectivity index is 2.51. The zero-order valence-corrected chi connectivity index (χ0v) is 19.8. The second-order valence-electron chi connectivity index (χ2n) is 8.72. The molecule has 1 heterocycles. The molecule has 2 N–H and O–H groups in total. The minimum atomic E-state index is -4.61. The number of rotatable bonds is 11. The van der Waals surface area contributed by atoms with Crippen LogP contribution in [0.2, 0.25) is 0 Å². The summed E-state index contributed by atoms with van der Waals surface area (Å²) >= 11 is 0.645. The zero-order valence-electron chi connectivity index (χ0n) is 19.0. The van der Waals surface area contributed by atoms with Crippen molar-refractivity contribution in [3.8, 4) is 0 Å². The number of nitrogens with zero attached hydrogens (tertiary/aromatic N) is 3. The average molecular weight is 473 g/mol. The number of halogens is 3. The molecule has 2 aromatic rings. The van der Waals surface area contributed by atoms with Crippen LogP contribution in [0.3, 0.4) is 0 Å². The molecule has 6 nitrogen and oxygen atoms in total. The van der Waals surface area contributed by atoms with Crippen LogP contribution in [0.4, 0.5) is 29.7 Å². The molecule has 32 heavy (non-hydrogen) atoms. The number of hydrogen-bond donors (Lipinski definition) is 2. The van der Waals surface area contributed by atoms with Gasteiger partial charge in [0.25, 0.3) is 0 Å². The van der Waals surface area contributed by atoms with E-state index >= 15 is 0 Å². The summed E-state index contributed by atoms with van der Waals surface area (Å²) in [5, 5.41) is 12.3. The van der Waals surface area contributed by atoms with E-state index in [1.165, 1.54) is 0 Å². The van der Waals surface area contributed by atoms with Crippen molar-refractivity contribution in [3.05, 3.63) is 29.6 Å². The van der Waals surface area contributed by atoms with Crippen molar-refractivity contribution >= 4 is 34.0 Å². The molecule has 178 valence electrons. The predicted molar refractivity (Wildman–Crippen MR) is 122 cm³/mol. The smallest absolute Gasteiger partial charge is 0.452 e. The lowest BCUT2D eigenvalue weighted by Crippen LogP contribution is -2.31. The molecule has 0 spiro atoms. The standard InChI is InChI=1S/C22H31F3N4O2S/c1-6-15(10-19(30)31)16-7-8-18(29(11-13(2)3)12-14(4)5)17(9-16)26-21-27-20(28-32-21)22(23,24)25/h7-9,13-15H,6,10-12H2,1-5H3,(H,30,31)(H,26,27,28). The second kappa shape index (κ2) is 11.0. The summed E-state index contributed by atoms with van der Waals surface area (Å²) in [6.07, 6.45) is -4.00. The van der Waals surface area contributed by atoms with E-state index in [0.717, 1.165) is 24.3 Å². The Hall–Kier alpha value is -2.36. The Kier molecular flexibility index (Phi) is 8.89. The van der Waals surface area contributed by atoms with E-state index in [-0.39, 0.29) is 17.5 Å². The normalized spacial score (nSPS) is 12.9. The molecular weight excluding hydrogens is 441 g/mol. The Bertz CT molecular complexity index is 890. The first-order chi connectivity index (χ1) is 14.9. The largest absolute Gasteiger partial charge is 0.481 e. The van der Waals surface area contributed by atoms with E-state index < -0.39 is 18.0 Å². The Morgan fingerprint density at radius 2 is 1.81 bits per heavy atom. The lowest BCUT2D eigenvalue weighted by atomic mass is 9.92. The number of carboxylic acids is 1. The van der Waals surface area contributed by atoms with Gasteiger partial charge in [-0.3, -0.25) is 4.79 Å². The number of anilines is 3. The molecule has 0 aliphatic heterocycles. The van der Waals surface area contributed by atoms with Crippen molar-refractivity contribution in [1.82, 2.24) is 9.36 Å². The van der Waals surface area contributed by atoms with E-state index in [2.05, 4.69) is 47.3 Å². The number of hydrogen-bond acceptors (Lipinski definition) is 6. The quantitative estimate of drug-likeness (QED) is 0.395. The molecule has 1 unspecified atom stereocenters. The number of nitrogens with one attached hydrogen (secondary N) is 1. The first kappa shape index (κ1) is 25.9. The first-order valence-electron chi connectivity index (χ1n) is 10.7. The van der Waals surface area contributed by atoms with E-state index in [1.54, 1.807) is 0 Å². The van der Waals surface area contributed by atoms with Gasteiger partial charge in [-0.05, 0) is 41.9 Å². The average Bonchev–Trinajstić information content (AvgIpc) is 3.13. The third-order valence-corrected chi connectivity index (χ3v) is 5.47. The minimum Gasteiger partial charge on any atom is -0.481 e. The number of carboxylic acid groups (broad SMARTS) is 1. The monoisotopic (exact) mass is 472 g/mol. The van der Waals surface area contributed by atoms with Crippen LogP contribution in [-0.4, -0.2) is 33.5 Å². The summed E-state index contributed by atoms with van der Waals surface area (Å²) in [7, 11) is 0. The highest BCUT2D eigenvalue weighted by Gasteiger charge is 2.36. The van der Waals surface area contributed by atoms with Crippen LogP contribution in [0.15, 0.2) is 18.2 Å². The van der Waals surface area contributed by atoms with Gasteiger partial charge in [0.05, 0.1) is 17.8 Å². The molecular formula is C22H31F3N4O2S. The topological polar surface area (TPSA) is 78.4 Å². The third kappa shape index (κ3) is 7.36. The number of aromatic nitrogens is 2. The Labute approximate surface area is 191 Å². The van der Waals surface area contributed by atoms with Gasteiger partial charge in [-0.1, -0.05) is 40.7 Å². The van der Waals surface area contributed by atoms with Crippen molar-refractivity contribution < 1.29 is 23.1 Å². The van der Waals surface area contributed by atoms with Gasteiger partial charge in [0.2, 0.25) is 11.0 Å². The van der Waals surface area contributed by atoms with Gasteiger partial charge >= 0.3 is 12.1 Å². The number of benzene rings is 1. The van der Waals surface area contributed by atoms with Gasteiger partial charge in [0.15, 0.2) is 0 Å². The Morgan fingerprint density at radius 3 is 2.28 bits per heavy atom. The zero-order chi connectivity index (χ0) is 24.1. The van der Waals surface area contributed by atoms with Crippen LogP contribution >= 0.6 is 11.5 Å². The van der Waals surface area contributed by atoms with Crippen LogP contribution in [0.1, 0.15) is 64.8 Å². The second-order valence-corrected chi connectivity index (χ2v) is 9.47. The number of aliphatic carboxylic acids is 1. The molecule has 0 fully saturated rings. The fourth-order valence-electron chi connectivity index (χ4n) is 3.55. The van der Waals surface area contributed by atoms with Crippen LogP contribution in [0.5, 0.6) is 0 Å². The first-order valence-corrected chi connectivity index (χ1v) is 11.5. The van der Waals surface area contributed by atoms with E-state index in [0.29, 0.717) is 35.5 Å². The number of alkyl halides is 3. The summed E-state index contributed by atoms with van der Waals surface area (Å²) in [6, 6.07) is 5.65. The van der Waals surface area contributed by atoms with Gasteiger partial charge in [0, 0.05) is 24.6 Å². The summed E-state index contributed by atoms with van der Waals surface area (Å²) in [5.41, 5.74) is 2.25. The molecule has 2 rings (SSSR count). The van der Waals surface area contributed by atoms with Gasteiger partial charge in [-0.2, -0.15) is 22.5 Å². The summed E-state index contributed by atoms with van der Waals surface area (Å²) in [6.45, 7) is 11.9. The third-order valence-electron chi connectivity index (χ3n) is 4.84. The highest BCUT2D eigenvalue weighted by Crippen LogP contribution is 2.36. The minimum absolute atomic E-state index is 0.0198. The van der Waals surface area contributed by atoms with Crippen LogP contribution in [-0.2, 0) is 11.0 Å². The van der Waals surface area contributed by atoms with Gasteiger partial charge in [-0.15, -0.1) is 0 Å². The fraction of sp³-hybridized carbons (Fsp3) is 0.591. The highest BCUT2D eigenvalue weighted by atomic mass is 32.1. The van der Waals surface area contributed by atoms with Crippen molar-refractivity contribution in [3.63, 3.8) is 0 Å². The maximum absolute atomic E-state index is 13.0. The SMILES string of the molecule is CCC(CC(=O)O)c1ccc(N(CC(C)C)CC(C)C)c(Nc2nc(C(F)(F)F)ns2)c1. The number of carbonyl (C=O) groups is 1. The van der Waals surface area contributed by atoms with Crippen LogP contribution in [0.25, 0.3) is 0 Å². The molecule has 0 saturated heterocycles. The van der Waals surface area contributed by atoms with E-state index in [4.69, 9.17) is 0 Å². The van der Waals surface area contributed by atoms with Crippen LogP contribution in [0, 0.1) is 11.8 Å². The molecule has 0 aliphatic rings. The predicted octanol–water partition coefficient (Wildman–Crippen LogP) is 6.39.